The van der Waals surface area contributed by atoms with Crippen LogP contribution in [0.25, 0.3) is 10.9 Å². The summed E-state index contributed by atoms with van der Waals surface area (Å²) < 4.78 is 0. The van der Waals surface area contributed by atoms with Crippen molar-refractivity contribution in [1.82, 2.24) is 15.6 Å². The monoisotopic (exact) mass is 462 g/mol. The van der Waals surface area contributed by atoms with Crippen molar-refractivity contribution >= 4 is 40.8 Å². The first-order chi connectivity index (χ1) is 12.2. The topological polar surface area (TPSA) is 52.2 Å². The molecule has 1 atom stereocenters. The Labute approximate surface area is 172 Å². The summed E-state index contributed by atoms with van der Waals surface area (Å²) in [6.45, 7) is 5.92. The number of rotatable bonds is 5. The molecule has 0 aliphatic rings. The number of guanidine groups is 1. The minimum absolute atomic E-state index is 0. The van der Waals surface area contributed by atoms with Crippen molar-refractivity contribution in [2.24, 2.45) is 4.99 Å². The van der Waals surface area contributed by atoms with Crippen LogP contribution in [0.5, 0.6) is 0 Å². The molecule has 1 heterocycles. The van der Waals surface area contributed by atoms with Gasteiger partial charge in [0.05, 0.1) is 6.54 Å². The van der Waals surface area contributed by atoms with Gasteiger partial charge in [0.25, 0.3) is 0 Å². The van der Waals surface area contributed by atoms with E-state index in [1.807, 2.05) is 6.07 Å². The lowest BCUT2D eigenvalue weighted by atomic mass is 9.99. The first kappa shape index (κ1) is 20.3. The third kappa shape index (κ3) is 5.24. The number of fused-ring (bicyclic) bond motifs is 1. The van der Waals surface area contributed by atoms with Crippen molar-refractivity contribution in [3.63, 3.8) is 0 Å². The zero-order chi connectivity index (χ0) is 17.6. The molecule has 0 saturated carbocycles. The van der Waals surface area contributed by atoms with E-state index in [0.29, 0.717) is 12.5 Å². The van der Waals surface area contributed by atoms with E-state index in [2.05, 4.69) is 83.0 Å². The quantitative estimate of drug-likeness (QED) is 0.296. The molecule has 0 bridgehead atoms. The van der Waals surface area contributed by atoms with Gasteiger partial charge in [-0.15, -0.1) is 24.0 Å². The number of aliphatic imine (C=N–C) groups is 1. The van der Waals surface area contributed by atoms with Crippen LogP contribution < -0.4 is 10.6 Å². The zero-order valence-electron chi connectivity index (χ0n) is 15.5. The highest BCUT2D eigenvalue weighted by molar-refractivity contribution is 14.0. The molecule has 0 spiro atoms. The van der Waals surface area contributed by atoms with Crippen molar-refractivity contribution in [3.8, 4) is 0 Å². The van der Waals surface area contributed by atoms with Crippen LogP contribution in [0.15, 0.2) is 59.6 Å². The smallest absolute Gasteiger partial charge is 0.191 e. The molecule has 0 fully saturated rings. The molecule has 2 aromatic carbocycles. The summed E-state index contributed by atoms with van der Waals surface area (Å²) in [5.74, 6) is 1.24. The second-order valence-electron chi connectivity index (χ2n) is 6.50. The van der Waals surface area contributed by atoms with Crippen LogP contribution in [0, 0.1) is 6.92 Å². The Morgan fingerprint density at radius 2 is 1.88 bits per heavy atom. The Hall–Kier alpha value is -2.02. The van der Waals surface area contributed by atoms with E-state index >= 15 is 0 Å². The average molecular weight is 462 g/mol. The van der Waals surface area contributed by atoms with Gasteiger partial charge in [-0.1, -0.05) is 55.0 Å². The molecule has 0 radical (unpaired) electrons. The van der Waals surface area contributed by atoms with E-state index in [0.717, 1.165) is 23.7 Å². The number of hydrogen-bond acceptors (Lipinski definition) is 1. The van der Waals surface area contributed by atoms with E-state index in [4.69, 9.17) is 0 Å². The number of aromatic amines is 1. The molecule has 138 valence electrons. The van der Waals surface area contributed by atoms with Crippen molar-refractivity contribution in [3.05, 3.63) is 71.4 Å². The highest BCUT2D eigenvalue weighted by atomic mass is 127. The fourth-order valence-corrected chi connectivity index (χ4v) is 2.97. The average Bonchev–Trinajstić information content (AvgIpc) is 3.04. The minimum atomic E-state index is 0. The SMILES string of the molecule is CN=C(NCc1cc2ccccc2[nH]1)NCC(C)c1cccc(C)c1.I. The van der Waals surface area contributed by atoms with Crippen molar-refractivity contribution in [2.75, 3.05) is 13.6 Å². The Morgan fingerprint density at radius 3 is 2.62 bits per heavy atom. The molecule has 3 rings (SSSR count). The summed E-state index contributed by atoms with van der Waals surface area (Å²) in [7, 11) is 1.80. The summed E-state index contributed by atoms with van der Waals surface area (Å²) in [5, 5.41) is 8.02. The van der Waals surface area contributed by atoms with Crippen LogP contribution in [0.3, 0.4) is 0 Å². The normalized spacial score (nSPS) is 12.5. The Kier molecular flexibility index (Phi) is 7.50. The van der Waals surface area contributed by atoms with Gasteiger partial charge in [0.2, 0.25) is 0 Å². The number of aryl methyl sites for hydroxylation is 1. The van der Waals surface area contributed by atoms with Crippen molar-refractivity contribution in [2.45, 2.75) is 26.3 Å². The second-order valence-corrected chi connectivity index (χ2v) is 6.50. The summed E-state index contributed by atoms with van der Waals surface area (Å²) in [5.41, 5.74) is 4.95. The van der Waals surface area contributed by atoms with Gasteiger partial charge < -0.3 is 15.6 Å². The number of hydrogen-bond donors (Lipinski definition) is 3. The number of H-pyrrole nitrogens is 1. The maximum atomic E-state index is 4.32. The molecule has 0 aliphatic heterocycles. The lowest BCUT2D eigenvalue weighted by Crippen LogP contribution is -2.38. The maximum Gasteiger partial charge on any atom is 0.191 e. The third-order valence-corrected chi connectivity index (χ3v) is 4.44. The number of nitrogens with one attached hydrogen (secondary N) is 3. The van der Waals surface area contributed by atoms with Gasteiger partial charge >= 0.3 is 0 Å². The summed E-state index contributed by atoms with van der Waals surface area (Å²) in [4.78, 5) is 7.75. The molecule has 26 heavy (non-hydrogen) atoms. The molecule has 3 N–H and O–H groups in total. The minimum Gasteiger partial charge on any atom is -0.357 e. The van der Waals surface area contributed by atoms with Gasteiger partial charge in [-0.25, -0.2) is 0 Å². The Balaban J connectivity index is 0.00000243. The fourth-order valence-electron chi connectivity index (χ4n) is 2.97. The van der Waals surface area contributed by atoms with Crippen molar-refractivity contribution in [1.29, 1.82) is 0 Å². The summed E-state index contributed by atoms with van der Waals surface area (Å²) in [6.07, 6.45) is 0. The van der Waals surface area contributed by atoms with Crippen LogP contribution >= 0.6 is 24.0 Å². The molecule has 0 amide bonds. The van der Waals surface area contributed by atoms with E-state index in [-0.39, 0.29) is 24.0 Å². The van der Waals surface area contributed by atoms with Gasteiger partial charge in [-0.2, -0.15) is 0 Å². The molecular formula is C21H27IN4. The molecule has 4 nitrogen and oxygen atoms in total. The van der Waals surface area contributed by atoms with Crippen LogP contribution in [-0.4, -0.2) is 24.5 Å². The Morgan fingerprint density at radius 1 is 1.08 bits per heavy atom. The highest BCUT2D eigenvalue weighted by Crippen LogP contribution is 2.16. The highest BCUT2D eigenvalue weighted by Gasteiger charge is 2.07. The molecule has 0 aliphatic carbocycles. The number of nitrogens with zero attached hydrogens (tertiary/aromatic N) is 1. The molecular weight excluding hydrogens is 435 g/mol. The van der Waals surface area contributed by atoms with Crippen molar-refractivity contribution < 1.29 is 0 Å². The van der Waals surface area contributed by atoms with Crippen LogP contribution in [0.1, 0.15) is 29.7 Å². The molecule has 5 heteroatoms. The van der Waals surface area contributed by atoms with Gasteiger partial charge in [0.15, 0.2) is 5.96 Å². The van der Waals surface area contributed by atoms with E-state index in [1.54, 1.807) is 7.05 Å². The number of benzene rings is 2. The van der Waals surface area contributed by atoms with Crippen LogP contribution in [0.4, 0.5) is 0 Å². The third-order valence-electron chi connectivity index (χ3n) is 4.44. The van der Waals surface area contributed by atoms with E-state index < -0.39 is 0 Å². The largest absolute Gasteiger partial charge is 0.357 e. The molecule has 0 saturated heterocycles. The van der Waals surface area contributed by atoms with Gasteiger partial charge in [0.1, 0.15) is 0 Å². The maximum absolute atomic E-state index is 4.32. The first-order valence-electron chi connectivity index (χ1n) is 8.73. The zero-order valence-corrected chi connectivity index (χ0v) is 17.9. The van der Waals surface area contributed by atoms with Crippen LogP contribution in [-0.2, 0) is 6.54 Å². The van der Waals surface area contributed by atoms with Crippen LogP contribution in [0.2, 0.25) is 0 Å². The predicted octanol–water partition coefficient (Wildman–Crippen LogP) is 4.56. The Bertz CT molecular complexity index is 836. The van der Waals surface area contributed by atoms with Gasteiger partial charge in [-0.05, 0) is 35.9 Å². The number of para-hydroxylation sites is 1. The lowest BCUT2D eigenvalue weighted by Gasteiger charge is -2.16. The van der Waals surface area contributed by atoms with E-state index in [9.17, 15) is 0 Å². The number of aromatic nitrogens is 1. The second kappa shape index (κ2) is 9.62. The number of halogens is 1. The molecule has 1 aromatic heterocycles. The summed E-state index contributed by atoms with van der Waals surface area (Å²) >= 11 is 0. The first-order valence-corrected chi connectivity index (χ1v) is 8.73. The predicted molar refractivity (Wildman–Crippen MR) is 122 cm³/mol. The van der Waals surface area contributed by atoms with Gasteiger partial charge in [-0.3, -0.25) is 4.99 Å². The standard InChI is InChI=1S/C21H26N4.HI/c1-15-7-6-9-17(11-15)16(2)13-23-21(22-3)24-14-19-12-18-8-4-5-10-20(18)25-19;/h4-12,16,25H,13-14H2,1-3H3,(H2,22,23,24);1H. The molecule has 3 aromatic rings. The van der Waals surface area contributed by atoms with Gasteiger partial charge in [0, 0.05) is 24.8 Å². The summed E-state index contributed by atoms with van der Waals surface area (Å²) in [6, 6.07) is 19.2. The van der Waals surface area contributed by atoms with E-state index in [1.165, 1.54) is 16.5 Å². The lowest BCUT2D eigenvalue weighted by molar-refractivity contribution is 0.697. The fraction of sp³-hybridized carbons (Fsp3) is 0.286. The molecule has 1 unspecified atom stereocenters.